The van der Waals surface area contributed by atoms with Crippen LogP contribution in [-0.2, 0) is 21.4 Å². The lowest BCUT2D eigenvalue weighted by molar-refractivity contribution is -0.384. The standard InChI is InChI=1S/C20H19ClN4O5S3/c1-2-9-24-15-6-5-14(25(27)28)11-16(15)31-20(24)22-19(26)13-4-3-10-23(12-13)33(29,30)18-8-7-17(21)32-18/h2,5-8,11,13H,1,3-4,9-10,12H2. The summed E-state index contributed by atoms with van der Waals surface area (Å²) in [6.45, 7) is 4.47. The highest BCUT2D eigenvalue weighted by Crippen LogP contribution is 2.31. The molecule has 0 aliphatic carbocycles. The molecule has 13 heteroatoms. The SMILES string of the molecule is C=CCn1c(=NC(=O)C2CCCN(S(=O)(=O)c3ccc(Cl)s3)C2)sc2cc([N+](=O)[O-])ccc21. The van der Waals surface area contributed by atoms with Crippen LogP contribution in [0.1, 0.15) is 12.8 Å². The van der Waals surface area contributed by atoms with E-state index in [1.807, 2.05) is 0 Å². The molecular formula is C20H19ClN4O5S3. The molecule has 0 saturated carbocycles. The number of thiazole rings is 1. The molecule has 1 unspecified atom stereocenters. The Labute approximate surface area is 202 Å². The lowest BCUT2D eigenvalue weighted by Crippen LogP contribution is -2.42. The number of carbonyl (C=O) groups excluding carboxylic acids is 1. The number of benzene rings is 1. The highest BCUT2D eigenvalue weighted by atomic mass is 35.5. The average Bonchev–Trinajstić information content (AvgIpc) is 3.37. The molecule has 1 atom stereocenters. The molecule has 3 heterocycles. The minimum Gasteiger partial charge on any atom is -0.312 e. The number of nitrogens with zero attached hydrogens (tertiary/aromatic N) is 4. The number of hydrogen-bond donors (Lipinski definition) is 0. The van der Waals surface area contributed by atoms with E-state index in [1.54, 1.807) is 16.7 Å². The first-order chi connectivity index (χ1) is 15.7. The number of sulfonamides is 1. The number of non-ortho nitro benzene ring substituents is 1. The number of piperidine rings is 1. The molecule has 0 bridgehead atoms. The van der Waals surface area contributed by atoms with Gasteiger partial charge in [0.2, 0.25) is 0 Å². The minimum absolute atomic E-state index is 0.0397. The molecule has 0 N–H and O–H groups in total. The van der Waals surface area contributed by atoms with Crippen molar-refractivity contribution in [2.75, 3.05) is 13.1 Å². The number of nitro benzene ring substituents is 1. The second-order valence-corrected chi connectivity index (χ2v) is 12.3. The lowest BCUT2D eigenvalue weighted by atomic mass is 9.99. The molecule has 2 aromatic heterocycles. The highest BCUT2D eigenvalue weighted by molar-refractivity contribution is 7.91. The lowest BCUT2D eigenvalue weighted by Gasteiger charge is -2.29. The van der Waals surface area contributed by atoms with E-state index in [1.165, 1.54) is 39.9 Å². The van der Waals surface area contributed by atoms with Crippen LogP contribution in [0.2, 0.25) is 4.34 Å². The third kappa shape index (κ3) is 4.80. The Balaban J connectivity index is 1.65. The number of hydrogen-bond acceptors (Lipinski definition) is 7. The Morgan fingerprint density at radius 1 is 1.33 bits per heavy atom. The zero-order valence-electron chi connectivity index (χ0n) is 17.2. The van der Waals surface area contributed by atoms with Gasteiger partial charge in [-0.2, -0.15) is 9.30 Å². The van der Waals surface area contributed by atoms with Gasteiger partial charge in [-0.25, -0.2) is 8.42 Å². The molecule has 1 aromatic carbocycles. The Morgan fingerprint density at radius 2 is 2.12 bits per heavy atom. The normalized spacial score (nSPS) is 18.0. The number of amides is 1. The van der Waals surface area contributed by atoms with Crippen molar-refractivity contribution in [1.29, 1.82) is 0 Å². The van der Waals surface area contributed by atoms with Gasteiger partial charge in [0.05, 0.1) is 25.4 Å². The first kappa shape index (κ1) is 23.8. The number of nitro groups is 1. The van der Waals surface area contributed by atoms with Gasteiger partial charge in [0.15, 0.2) is 4.80 Å². The van der Waals surface area contributed by atoms with Crippen molar-refractivity contribution in [2.24, 2.45) is 10.9 Å². The number of thiophene rings is 1. The van der Waals surface area contributed by atoms with Gasteiger partial charge in [0, 0.05) is 31.8 Å². The van der Waals surface area contributed by atoms with E-state index in [4.69, 9.17) is 11.6 Å². The second kappa shape index (κ2) is 9.47. The first-order valence-electron chi connectivity index (χ1n) is 9.93. The molecule has 9 nitrogen and oxygen atoms in total. The zero-order chi connectivity index (χ0) is 23.8. The summed E-state index contributed by atoms with van der Waals surface area (Å²) >= 11 is 8.05. The number of halogens is 1. The van der Waals surface area contributed by atoms with Crippen molar-refractivity contribution in [3.05, 3.63) is 62.2 Å². The highest BCUT2D eigenvalue weighted by Gasteiger charge is 2.34. The minimum atomic E-state index is -3.74. The maximum atomic E-state index is 13.0. The summed E-state index contributed by atoms with van der Waals surface area (Å²) in [5.74, 6) is -1.00. The van der Waals surface area contributed by atoms with Crippen LogP contribution >= 0.6 is 34.3 Å². The van der Waals surface area contributed by atoms with Crippen molar-refractivity contribution >= 4 is 66.1 Å². The molecule has 1 aliphatic heterocycles. The summed E-state index contributed by atoms with van der Waals surface area (Å²) in [6.07, 6.45) is 2.71. The van der Waals surface area contributed by atoms with Crippen molar-refractivity contribution in [1.82, 2.24) is 8.87 Å². The maximum absolute atomic E-state index is 13.0. The summed E-state index contributed by atoms with van der Waals surface area (Å²) in [7, 11) is -3.74. The third-order valence-corrected chi connectivity index (χ3v) is 9.88. The van der Waals surface area contributed by atoms with Gasteiger partial charge in [-0.1, -0.05) is 29.0 Å². The predicted octanol–water partition coefficient (Wildman–Crippen LogP) is 4.04. The van der Waals surface area contributed by atoms with Gasteiger partial charge in [0.1, 0.15) is 4.21 Å². The summed E-state index contributed by atoms with van der Waals surface area (Å²) in [6, 6.07) is 7.47. The fraction of sp³-hybridized carbons (Fsp3) is 0.300. The molecule has 1 fully saturated rings. The van der Waals surface area contributed by atoms with Gasteiger partial charge in [0.25, 0.3) is 21.6 Å². The second-order valence-electron chi connectivity index (χ2n) is 7.40. The largest absolute Gasteiger partial charge is 0.312 e. The van der Waals surface area contributed by atoms with E-state index in [0.717, 1.165) is 11.3 Å². The molecule has 3 aromatic rings. The Bertz CT molecular complexity index is 1420. The fourth-order valence-electron chi connectivity index (χ4n) is 3.68. The quantitative estimate of drug-likeness (QED) is 0.273. The zero-order valence-corrected chi connectivity index (χ0v) is 20.4. The molecule has 33 heavy (non-hydrogen) atoms. The average molecular weight is 527 g/mol. The topological polar surface area (TPSA) is 115 Å². The first-order valence-corrected chi connectivity index (χ1v) is 13.4. The van der Waals surface area contributed by atoms with Gasteiger partial charge >= 0.3 is 0 Å². The van der Waals surface area contributed by atoms with Crippen molar-refractivity contribution in [3.8, 4) is 0 Å². The molecule has 4 rings (SSSR count). The van der Waals surface area contributed by atoms with Crippen molar-refractivity contribution in [2.45, 2.75) is 23.6 Å². The number of carbonyl (C=O) groups is 1. The van der Waals surface area contributed by atoms with Crippen LogP contribution in [0.15, 0.2) is 52.2 Å². The Hall–Kier alpha value is -2.38. The van der Waals surface area contributed by atoms with Gasteiger partial charge in [-0.15, -0.1) is 17.9 Å². The number of rotatable bonds is 6. The van der Waals surface area contributed by atoms with Crippen molar-refractivity contribution in [3.63, 3.8) is 0 Å². The van der Waals surface area contributed by atoms with Crippen LogP contribution in [0.4, 0.5) is 5.69 Å². The number of aromatic nitrogens is 1. The summed E-state index contributed by atoms with van der Waals surface area (Å²) < 4.78 is 30.1. The smallest absolute Gasteiger partial charge is 0.270 e. The molecular weight excluding hydrogens is 508 g/mol. The van der Waals surface area contributed by atoms with Crippen LogP contribution in [0, 0.1) is 16.0 Å². The van der Waals surface area contributed by atoms with Crippen LogP contribution in [0.25, 0.3) is 10.2 Å². The Morgan fingerprint density at radius 3 is 2.79 bits per heavy atom. The monoisotopic (exact) mass is 526 g/mol. The molecule has 174 valence electrons. The Kier molecular flexibility index (Phi) is 6.82. The molecule has 0 radical (unpaired) electrons. The van der Waals surface area contributed by atoms with Gasteiger partial charge < -0.3 is 4.57 Å². The van der Waals surface area contributed by atoms with E-state index < -0.39 is 26.8 Å². The third-order valence-electron chi connectivity index (χ3n) is 5.27. The summed E-state index contributed by atoms with van der Waals surface area (Å²) in [4.78, 5) is 28.4. The van der Waals surface area contributed by atoms with E-state index in [2.05, 4.69) is 11.6 Å². The van der Waals surface area contributed by atoms with E-state index in [9.17, 15) is 23.3 Å². The van der Waals surface area contributed by atoms with Crippen LogP contribution in [0.5, 0.6) is 0 Å². The number of fused-ring (bicyclic) bond motifs is 1. The van der Waals surface area contributed by atoms with E-state index in [-0.39, 0.29) is 16.4 Å². The van der Waals surface area contributed by atoms with E-state index >= 15 is 0 Å². The van der Waals surface area contributed by atoms with Crippen LogP contribution in [-0.4, -0.2) is 41.2 Å². The molecule has 1 amide bonds. The fourth-order valence-corrected chi connectivity index (χ4v) is 7.92. The predicted molar refractivity (Wildman–Crippen MR) is 128 cm³/mol. The van der Waals surface area contributed by atoms with Gasteiger partial charge in [-0.3, -0.25) is 14.9 Å². The summed E-state index contributed by atoms with van der Waals surface area (Å²) in [5.41, 5.74) is 0.661. The maximum Gasteiger partial charge on any atom is 0.270 e. The van der Waals surface area contributed by atoms with Crippen molar-refractivity contribution < 1.29 is 18.1 Å². The molecule has 0 spiro atoms. The molecule has 1 aliphatic rings. The van der Waals surface area contributed by atoms with E-state index in [0.29, 0.717) is 45.3 Å². The molecule has 1 saturated heterocycles. The summed E-state index contributed by atoms with van der Waals surface area (Å²) in [5, 5.41) is 11.1. The number of allylic oxidation sites excluding steroid dienone is 1. The van der Waals surface area contributed by atoms with Gasteiger partial charge in [-0.05, 0) is 31.0 Å². The van der Waals surface area contributed by atoms with Crippen LogP contribution in [0.3, 0.4) is 0 Å². The van der Waals surface area contributed by atoms with Crippen LogP contribution < -0.4 is 4.80 Å².